The Morgan fingerprint density at radius 2 is 2.09 bits per heavy atom. The molecule has 35 heavy (non-hydrogen) atoms. The number of aromatic nitrogens is 2. The van der Waals surface area contributed by atoms with Crippen molar-refractivity contribution in [1.82, 2.24) is 20.2 Å². The number of likely N-dealkylation sites (N-methyl/N-ethyl adjacent to an activating group) is 1. The van der Waals surface area contributed by atoms with Crippen molar-refractivity contribution in [3.05, 3.63) is 35.8 Å². The summed E-state index contributed by atoms with van der Waals surface area (Å²) >= 11 is 0. The van der Waals surface area contributed by atoms with Crippen LogP contribution in [0.25, 0.3) is 0 Å². The molecule has 1 spiro atoms. The number of anilines is 3. The van der Waals surface area contributed by atoms with Crippen LogP contribution in [0.3, 0.4) is 0 Å². The zero-order valence-corrected chi connectivity index (χ0v) is 20.1. The van der Waals surface area contributed by atoms with Crippen LogP contribution in [0.15, 0.2) is 24.4 Å². The van der Waals surface area contributed by atoms with E-state index in [2.05, 4.69) is 20.6 Å². The van der Waals surface area contributed by atoms with Crippen molar-refractivity contribution in [2.75, 3.05) is 44.0 Å². The van der Waals surface area contributed by atoms with Gasteiger partial charge in [-0.3, -0.25) is 14.5 Å². The van der Waals surface area contributed by atoms with Gasteiger partial charge in [-0.2, -0.15) is 4.98 Å². The van der Waals surface area contributed by atoms with Crippen LogP contribution >= 0.6 is 0 Å². The lowest BCUT2D eigenvalue weighted by molar-refractivity contribution is -0.140. The molecule has 1 saturated carbocycles. The predicted molar refractivity (Wildman–Crippen MR) is 129 cm³/mol. The fourth-order valence-electron chi connectivity index (χ4n) is 5.23. The van der Waals surface area contributed by atoms with E-state index in [9.17, 15) is 14.0 Å². The Kier molecular flexibility index (Phi) is 6.31. The maximum Gasteiger partial charge on any atom is 0.244 e. The second-order valence-electron chi connectivity index (χ2n) is 9.84. The molecule has 9 nitrogen and oxygen atoms in total. The van der Waals surface area contributed by atoms with E-state index in [1.165, 1.54) is 6.07 Å². The molecule has 0 radical (unpaired) electrons. The lowest BCUT2D eigenvalue weighted by Gasteiger charge is -2.40. The van der Waals surface area contributed by atoms with Gasteiger partial charge in [0.05, 0.1) is 0 Å². The number of amides is 2. The van der Waals surface area contributed by atoms with Crippen LogP contribution in [0.2, 0.25) is 0 Å². The van der Waals surface area contributed by atoms with Gasteiger partial charge in [-0.1, -0.05) is 12.8 Å². The minimum absolute atomic E-state index is 0.0191. The predicted octanol–water partition coefficient (Wildman–Crippen LogP) is 2.64. The Morgan fingerprint density at radius 1 is 1.29 bits per heavy atom. The molecule has 1 saturated heterocycles. The summed E-state index contributed by atoms with van der Waals surface area (Å²) < 4.78 is 20.1. The van der Waals surface area contributed by atoms with Crippen molar-refractivity contribution in [2.24, 2.45) is 5.41 Å². The molecular formula is C25H31FN6O3. The van der Waals surface area contributed by atoms with Gasteiger partial charge in [0.25, 0.3) is 0 Å². The van der Waals surface area contributed by atoms with Gasteiger partial charge in [-0.15, -0.1) is 0 Å². The highest BCUT2D eigenvalue weighted by atomic mass is 19.1. The van der Waals surface area contributed by atoms with Gasteiger partial charge in [0.2, 0.25) is 17.8 Å². The monoisotopic (exact) mass is 482 g/mol. The summed E-state index contributed by atoms with van der Waals surface area (Å²) in [6, 6.07) is 4.63. The van der Waals surface area contributed by atoms with Crippen LogP contribution in [0.4, 0.5) is 21.8 Å². The van der Waals surface area contributed by atoms with E-state index in [0.29, 0.717) is 44.0 Å². The van der Waals surface area contributed by atoms with Crippen LogP contribution < -0.4 is 20.3 Å². The number of carbonyl (C=O) groups is 2. The first-order valence-electron chi connectivity index (χ1n) is 12.2. The summed E-state index contributed by atoms with van der Waals surface area (Å²) in [6.07, 6.45) is 6.32. The molecule has 1 aromatic heterocycles. The molecule has 3 aliphatic rings. The Bertz CT molecular complexity index is 1140. The zero-order valence-electron chi connectivity index (χ0n) is 20.1. The Balaban J connectivity index is 1.40. The van der Waals surface area contributed by atoms with Crippen LogP contribution in [0, 0.1) is 11.2 Å². The van der Waals surface area contributed by atoms with E-state index in [1.54, 1.807) is 23.2 Å². The molecule has 5 rings (SSSR count). The van der Waals surface area contributed by atoms with E-state index in [4.69, 9.17) is 4.74 Å². The molecule has 1 aliphatic carbocycles. The number of carbonyl (C=O) groups excluding carboxylic acids is 2. The fourth-order valence-corrected chi connectivity index (χ4v) is 5.23. The first kappa shape index (κ1) is 23.5. The first-order valence-corrected chi connectivity index (χ1v) is 12.2. The minimum Gasteiger partial charge on any atom is -0.489 e. The Morgan fingerprint density at radius 3 is 2.77 bits per heavy atom. The maximum absolute atomic E-state index is 14.6. The summed E-state index contributed by atoms with van der Waals surface area (Å²) in [5.41, 5.74) is 0.193. The summed E-state index contributed by atoms with van der Waals surface area (Å²) in [7, 11) is 3.85. The molecule has 2 fully saturated rings. The van der Waals surface area contributed by atoms with Crippen molar-refractivity contribution in [2.45, 2.75) is 44.6 Å². The third-order valence-corrected chi connectivity index (χ3v) is 7.14. The number of fused-ring (bicyclic) bond motifs is 1. The molecule has 0 bridgehead atoms. The minimum atomic E-state index is -1.07. The van der Waals surface area contributed by atoms with E-state index in [0.717, 1.165) is 31.2 Å². The van der Waals surface area contributed by atoms with Crippen molar-refractivity contribution in [3.8, 4) is 5.75 Å². The number of rotatable bonds is 7. The van der Waals surface area contributed by atoms with Gasteiger partial charge in [0, 0.05) is 49.1 Å². The van der Waals surface area contributed by atoms with Crippen molar-refractivity contribution >= 4 is 29.3 Å². The highest BCUT2D eigenvalue weighted by Crippen LogP contribution is 2.44. The van der Waals surface area contributed by atoms with E-state index < -0.39 is 11.2 Å². The van der Waals surface area contributed by atoms with E-state index in [1.807, 2.05) is 19.0 Å². The number of hydrogen-bond donors (Lipinski definition) is 2. The van der Waals surface area contributed by atoms with Crippen molar-refractivity contribution in [1.29, 1.82) is 0 Å². The van der Waals surface area contributed by atoms with Crippen molar-refractivity contribution < 1.29 is 18.7 Å². The molecule has 1 atom stereocenters. The van der Waals surface area contributed by atoms with Crippen LogP contribution in [-0.4, -0.2) is 66.5 Å². The maximum atomic E-state index is 14.6. The molecule has 10 heteroatoms. The lowest BCUT2D eigenvalue weighted by atomic mass is 9.76. The molecule has 2 aliphatic heterocycles. The largest absolute Gasteiger partial charge is 0.489 e. The first-order chi connectivity index (χ1) is 16.9. The fraction of sp³-hybridized carbons (Fsp3) is 0.520. The Hall–Kier alpha value is -3.27. The van der Waals surface area contributed by atoms with Crippen LogP contribution in [0.1, 0.15) is 37.7 Å². The van der Waals surface area contributed by atoms with Gasteiger partial charge in [0.1, 0.15) is 17.8 Å². The van der Waals surface area contributed by atoms with E-state index >= 15 is 0 Å². The lowest BCUT2D eigenvalue weighted by Crippen LogP contribution is -2.56. The van der Waals surface area contributed by atoms with Crippen LogP contribution in [-0.2, 0) is 16.0 Å². The van der Waals surface area contributed by atoms with Crippen molar-refractivity contribution in [3.63, 3.8) is 0 Å². The average Bonchev–Trinajstić information content (AvgIpc) is 3.47. The van der Waals surface area contributed by atoms with Gasteiger partial charge >= 0.3 is 0 Å². The summed E-state index contributed by atoms with van der Waals surface area (Å²) in [5.74, 6) is 0.148. The molecule has 1 aromatic carbocycles. The number of ether oxygens (including phenoxy) is 1. The summed E-state index contributed by atoms with van der Waals surface area (Å²) in [5, 5.41) is 5.89. The quantitative estimate of drug-likeness (QED) is 0.586. The smallest absolute Gasteiger partial charge is 0.244 e. The summed E-state index contributed by atoms with van der Waals surface area (Å²) in [6.45, 7) is 1.57. The van der Waals surface area contributed by atoms with E-state index in [-0.39, 0.29) is 29.6 Å². The second-order valence-corrected chi connectivity index (χ2v) is 9.84. The topological polar surface area (TPSA) is 99.7 Å². The molecule has 0 unspecified atom stereocenters. The standard InChI is InChI=1S/C25H31FN6O3/c1-31(2)11-12-35-20-8-7-17(13-19(20)26)29-24-28-15-16-14-25(9-10-27-22(25)33)23(34)32(21(16)30-24)18-5-3-4-6-18/h7-8,13,15,18H,3-6,9-12,14H2,1-2H3,(H,27,33)(H,28,29,30)/t25-/m1/s1. The number of hydrogen-bond acceptors (Lipinski definition) is 7. The van der Waals surface area contributed by atoms with Gasteiger partial charge in [-0.05, 0) is 45.5 Å². The SMILES string of the molecule is CN(C)CCOc1ccc(Nc2ncc3c(n2)N(C2CCCC2)C(=O)[C@]2(CCNC2=O)C3)cc1F. The summed E-state index contributed by atoms with van der Waals surface area (Å²) in [4.78, 5) is 39.2. The zero-order chi connectivity index (χ0) is 24.6. The Labute approximate surface area is 204 Å². The molecule has 2 N–H and O–H groups in total. The molecule has 186 valence electrons. The normalized spacial score (nSPS) is 22.1. The van der Waals surface area contributed by atoms with Gasteiger partial charge < -0.3 is 20.3 Å². The number of nitrogens with zero attached hydrogens (tertiary/aromatic N) is 4. The third-order valence-electron chi connectivity index (χ3n) is 7.14. The molecular weight excluding hydrogens is 451 g/mol. The number of nitrogens with one attached hydrogen (secondary N) is 2. The highest BCUT2D eigenvalue weighted by molar-refractivity contribution is 6.14. The second kappa shape index (κ2) is 9.41. The molecule has 2 aromatic rings. The molecule has 3 heterocycles. The average molecular weight is 483 g/mol. The number of halogens is 1. The van der Waals surface area contributed by atoms with Gasteiger partial charge in [0.15, 0.2) is 11.6 Å². The number of benzene rings is 1. The molecule has 2 amide bonds. The van der Waals surface area contributed by atoms with Gasteiger partial charge in [-0.25, -0.2) is 9.37 Å². The van der Waals surface area contributed by atoms with Crippen LogP contribution in [0.5, 0.6) is 5.75 Å². The third kappa shape index (κ3) is 4.42. The highest BCUT2D eigenvalue weighted by Gasteiger charge is 2.56.